The van der Waals surface area contributed by atoms with Crippen LogP contribution in [0.25, 0.3) is 0 Å². The number of anilines is 1. The zero-order valence-corrected chi connectivity index (χ0v) is 14.1. The Hall–Kier alpha value is -3.17. The van der Waals surface area contributed by atoms with Gasteiger partial charge in [0, 0.05) is 11.1 Å². The third-order valence-electron chi connectivity index (χ3n) is 3.34. The zero-order chi connectivity index (χ0) is 17.5. The zero-order valence-electron chi connectivity index (χ0n) is 13.3. The van der Waals surface area contributed by atoms with Gasteiger partial charge in [-0.2, -0.15) is 5.26 Å². The molecule has 0 aliphatic rings. The van der Waals surface area contributed by atoms with Crippen molar-refractivity contribution in [3.8, 4) is 11.8 Å². The Balaban J connectivity index is 1.51. The number of hydrogen-bond donors (Lipinski definition) is 1. The number of rotatable bonds is 6. The van der Waals surface area contributed by atoms with Crippen molar-refractivity contribution < 1.29 is 9.53 Å². The van der Waals surface area contributed by atoms with E-state index < -0.39 is 0 Å². The Morgan fingerprint density at radius 2 is 1.92 bits per heavy atom. The molecule has 1 aromatic heterocycles. The van der Waals surface area contributed by atoms with Gasteiger partial charge in [0.25, 0.3) is 0 Å². The summed E-state index contributed by atoms with van der Waals surface area (Å²) in [5.74, 6) is 0.642. The molecular weight excluding hydrogens is 334 g/mol. The highest BCUT2D eigenvalue weighted by molar-refractivity contribution is 7.09. The van der Waals surface area contributed by atoms with E-state index in [-0.39, 0.29) is 12.3 Å². The Morgan fingerprint density at radius 3 is 2.64 bits per heavy atom. The van der Waals surface area contributed by atoms with E-state index >= 15 is 0 Å². The first kappa shape index (κ1) is 16.7. The largest absolute Gasteiger partial charge is 0.486 e. The average molecular weight is 349 g/mol. The Kier molecular flexibility index (Phi) is 5.39. The van der Waals surface area contributed by atoms with Gasteiger partial charge in [-0.25, -0.2) is 4.98 Å². The summed E-state index contributed by atoms with van der Waals surface area (Å²) in [5.41, 5.74) is 1.93. The fourth-order valence-electron chi connectivity index (χ4n) is 2.16. The molecule has 5 nitrogen and oxygen atoms in total. The minimum absolute atomic E-state index is 0.148. The van der Waals surface area contributed by atoms with Crippen molar-refractivity contribution in [2.24, 2.45) is 0 Å². The SMILES string of the molecule is N#Cc1ccc(NC(=O)Cc2csc(COc3ccccc3)n2)cc1. The Morgan fingerprint density at radius 1 is 1.16 bits per heavy atom. The van der Waals surface area contributed by atoms with E-state index in [9.17, 15) is 4.79 Å². The molecule has 3 aromatic rings. The molecule has 1 heterocycles. The molecule has 0 radical (unpaired) electrons. The van der Waals surface area contributed by atoms with Crippen LogP contribution in [-0.2, 0) is 17.8 Å². The highest BCUT2D eigenvalue weighted by Crippen LogP contribution is 2.16. The van der Waals surface area contributed by atoms with Crippen LogP contribution in [0.3, 0.4) is 0 Å². The molecule has 0 aliphatic heterocycles. The molecule has 0 saturated heterocycles. The number of amides is 1. The van der Waals surface area contributed by atoms with Crippen molar-refractivity contribution >= 4 is 22.9 Å². The predicted octanol–water partition coefficient (Wildman–Crippen LogP) is 3.77. The summed E-state index contributed by atoms with van der Waals surface area (Å²) in [6.07, 6.45) is 0.196. The molecule has 3 rings (SSSR count). The van der Waals surface area contributed by atoms with Crippen molar-refractivity contribution in [2.45, 2.75) is 13.0 Å². The third-order valence-corrected chi connectivity index (χ3v) is 4.22. The smallest absolute Gasteiger partial charge is 0.230 e. The maximum absolute atomic E-state index is 12.1. The number of nitrogens with zero attached hydrogens (tertiary/aromatic N) is 2. The Labute approximate surface area is 149 Å². The predicted molar refractivity (Wildman–Crippen MR) is 96.4 cm³/mol. The van der Waals surface area contributed by atoms with Gasteiger partial charge in [-0.15, -0.1) is 11.3 Å². The van der Waals surface area contributed by atoms with Gasteiger partial charge in [-0.3, -0.25) is 4.79 Å². The molecule has 0 fully saturated rings. The van der Waals surface area contributed by atoms with Crippen molar-refractivity contribution in [2.75, 3.05) is 5.32 Å². The molecule has 25 heavy (non-hydrogen) atoms. The molecular formula is C19H15N3O2S. The number of carbonyl (C=O) groups excluding carboxylic acids is 1. The number of hydrogen-bond acceptors (Lipinski definition) is 5. The number of aromatic nitrogens is 1. The lowest BCUT2D eigenvalue weighted by atomic mass is 10.2. The van der Waals surface area contributed by atoms with Crippen LogP contribution in [0.4, 0.5) is 5.69 Å². The molecule has 0 atom stereocenters. The van der Waals surface area contributed by atoms with Crippen LogP contribution in [0.5, 0.6) is 5.75 Å². The van der Waals surface area contributed by atoms with E-state index in [0.717, 1.165) is 10.8 Å². The molecule has 2 aromatic carbocycles. The summed E-state index contributed by atoms with van der Waals surface area (Å²) >= 11 is 1.47. The minimum atomic E-state index is -0.148. The van der Waals surface area contributed by atoms with Gasteiger partial charge >= 0.3 is 0 Å². The van der Waals surface area contributed by atoms with E-state index in [1.807, 2.05) is 41.8 Å². The molecule has 0 saturated carbocycles. The second-order valence-corrected chi connectivity index (χ2v) is 6.19. The average Bonchev–Trinajstić information content (AvgIpc) is 3.08. The molecule has 0 spiro atoms. The summed E-state index contributed by atoms with van der Waals surface area (Å²) in [7, 11) is 0. The molecule has 0 unspecified atom stereocenters. The standard InChI is InChI=1S/C19H15N3O2S/c20-11-14-6-8-15(9-7-14)21-18(23)10-16-13-25-19(22-16)12-24-17-4-2-1-3-5-17/h1-9,13H,10,12H2,(H,21,23). The van der Waals surface area contributed by atoms with Gasteiger partial charge in [-0.1, -0.05) is 18.2 Å². The molecule has 6 heteroatoms. The molecule has 124 valence electrons. The minimum Gasteiger partial charge on any atom is -0.486 e. The number of nitriles is 1. The highest BCUT2D eigenvalue weighted by atomic mass is 32.1. The first-order chi connectivity index (χ1) is 12.2. The van der Waals surface area contributed by atoms with Crippen LogP contribution < -0.4 is 10.1 Å². The summed E-state index contributed by atoms with van der Waals surface area (Å²) in [6, 6.07) is 18.3. The number of nitrogens with one attached hydrogen (secondary N) is 1. The summed E-state index contributed by atoms with van der Waals surface area (Å²) in [6.45, 7) is 0.381. The number of benzene rings is 2. The van der Waals surface area contributed by atoms with E-state index in [1.165, 1.54) is 11.3 Å². The van der Waals surface area contributed by atoms with Gasteiger partial charge in [0.15, 0.2) is 0 Å². The first-order valence-electron chi connectivity index (χ1n) is 7.64. The van der Waals surface area contributed by atoms with Gasteiger partial charge in [0.1, 0.15) is 17.4 Å². The van der Waals surface area contributed by atoms with Crippen molar-refractivity contribution in [1.82, 2.24) is 4.98 Å². The van der Waals surface area contributed by atoms with Crippen LogP contribution in [-0.4, -0.2) is 10.9 Å². The maximum atomic E-state index is 12.1. The van der Waals surface area contributed by atoms with Crippen LogP contribution in [0.15, 0.2) is 60.0 Å². The maximum Gasteiger partial charge on any atom is 0.230 e. The van der Waals surface area contributed by atoms with Crippen LogP contribution in [0, 0.1) is 11.3 Å². The lowest BCUT2D eigenvalue weighted by Gasteiger charge is -2.04. The van der Waals surface area contributed by atoms with Gasteiger partial charge in [0.2, 0.25) is 5.91 Å². The number of para-hydroxylation sites is 1. The molecule has 0 aliphatic carbocycles. The van der Waals surface area contributed by atoms with Crippen molar-refractivity contribution in [3.63, 3.8) is 0 Å². The fourth-order valence-corrected chi connectivity index (χ4v) is 2.86. The number of ether oxygens (including phenoxy) is 1. The monoisotopic (exact) mass is 349 g/mol. The lowest BCUT2D eigenvalue weighted by Crippen LogP contribution is -2.14. The quantitative estimate of drug-likeness (QED) is 0.735. The van der Waals surface area contributed by atoms with Gasteiger partial charge in [0.05, 0.1) is 23.7 Å². The summed E-state index contributed by atoms with van der Waals surface area (Å²) in [4.78, 5) is 16.5. The normalized spacial score (nSPS) is 10.0. The number of carbonyl (C=O) groups is 1. The highest BCUT2D eigenvalue weighted by Gasteiger charge is 2.09. The second-order valence-electron chi connectivity index (χ2n) is 5.25. The summed E-state index contributed by atoms with van der Waals surface area (Å²) in [5, 5.41) is 14.3. The topological polar surface area (TPSA) is 75.0 Å². The fraction of sp³-hybridized carbons (Fsp3) is 0.105. The van der Waals surface area contributed by atoms with Crippen LogP contribution in [0.2, 0.25) is 0 Å². The summed E-state index contributed by atoms with van der Waals surface area (Å²) < 4.78 is 5.65. The number of thiazole rings is 1. The lowest BCUT2D eigenvalue weighted by molar-refractivity contribution is -0.115. The van der Waals surface area contributed by atoms with E-state index in [1.54, 1.807) is 24.3 Å². The van der Waals surface area contributed by atoms with E-state index in [2.05, 4.69) is 10.3 Å². The third kappa shape index (κ3) is 4.90. The van der Waals surface area contributed by atoms with E-state index in [0.29, 0.717) is 23.6 Å². The van der Waals surface area contributed by atoms with Gasteiger partial charge < -0.3 is 10.1 Å². The van der Waals surface area contributed by atoms with E-state index in [4.69, 9.17) is 10.00 Å². The second kappa shape index (κ2) is 8.08. The van der Waals surface area contributed by atoms with Crippen molar-refractivity contribution in [3.05, 3.63) is 76.2 Å². The first-order valence-corrected chi connectivity index (χ1v) is 8.52. The van der Waals surface area contributed by atoms with Crippen molar-refractivity contribution in [1.29, 1.82) is 5.26 Å². The molecule has 1 amide bonds. The molecule has 1 N–H and O–H groups in total. The van der Waals surface area contributed by atoms with Crippen LogP contribution in [0.1, 0.15) is 16.3 Å². The molecule has 0 bridgehead atoms. The van der Waals surface area contributed by atoms with Crippen LogP contribution >= 0.6 is 11.3 Å². The Bertz CT molecular complexity index is 883. The van der Waals surface area contributed by atoms with Gasteiger partial charge in [-0.05, 0) is 36.4 Å².